The highest BCUT2D eigenvalue weighted by Crippen LogP contribution is 2.26. The first-order valence-corrected chi connectivity index (χ1v) is 10.5. The zero-order chi connectivity index (χ0) is 20.9. The molecule has 0 spiro atoms. The number of carbonyl (C=O) groups excluding carboxylic acids is 1. The van der Waals surface area contributed by atoms with Crippen molar-refractivity contribution in [1.82, 2.24) is 4.57 Å². The van der Waals surface area contributed by atoms with Gasteiger partial charge in [-0.2, -0.15) is 4.99 Å². The van der Waals surface area contributed by atoms with Gasteiger partial charge in [-0.1, -0.05) is 46.2 Å². The highest BCUT2D eigenvalue weighted by Gasteiger charge is 2.19. The molecule has 5 nitrogen and oxygen atoms in total. The predicted molar refractivity (Wildman–Crippen MR) is 115 cm³/mol. The molecule has 0 bridgehead atoms. The van der Waals surface area contributed by atoms with Crippen LogP contribution in [-0.4, -0.2) is 30.8 Å². The molecule has 1 amide bonds. The maximum absolute atomic E-state index is 13.0. The van der Waals surface area contributed by atoms with Crippen LogP contribution in [0.4, 0.5) is 0 Å². The lowest BCUT2D eigenvalue weighted by Crippen LogP contribution is -2.19. The van der Waals surface area contributed by atoms with E-state index in [1.807, 2.05) is 0 Å². The van der Waals surface area contributed by atoms with Gasteiger partial charge in [0, 0.05) is 29.8 Å². The molecule has 0 unspecified atom stereocenters. The first-order chi connectivity index (χ1) is 13.1. The van der Waals surface area contributed by atoms with Crippen LogP contribution in [0.25, 0.3) is 0 Å². The maximum Gasteiger partial charge on any atom is 0.283 e. The number of aromatic nitrogens is 1. The molecule has 2 aromatic rings. The van der Waals surface area contributed by atoms with E-state index in [-0.39, 0.29) is 11.3 Å². The summed E-state index contributed by atoms with van der Waals surface area (Å²) in [5, 5.41) is 0.467. The van der Waals surface area contributed by atoms with Crippen LogP contribution in [-0.2, 0) is 16.7 Å². The molecule has 0 atom stereocenters. The third kappa shape index (κ3) is 6.19. The molecule has 0 saturated heterocycles. The Morgan fingerprint density at radius 2 is 2.00 bits per heavy atom. The molecule has 0 N–H and O–H groups in total. The Balaban J connectivity index is 2.46. The Bertz CT molecular complexity index is 879. The van der Waals surface area contributed by atoms with Gasteiger partial charge in [-0.05, 0) is 29.5 Å². The number of methoxy groups -OCH3 is 1. The summed E-state index contributed by atoms with van der Waals surface area (Å²) >= 11 is 7.66. The first kappa shape index (κ1) is 22.7. The van der Waals surface area contributed by atoms with E-state index >= 15 is 0 Å². The Morgan fingerprint density at radius 1 is 1.29 bits per heavy atom. The molecule has 154 valence electrons. The lowest BCUT2D eigenvalue weighted by Gasteiger charge is -2.14. The van der Waals surface area contributed by atoms with E-state index < -0.39 is 0 Å². The molecule has 2 rings (SSSR count). The number of benzene rings is 1. The van der Waals surface area contributed by atoms with Gasteiger partial charge in [-0.3, -0.25) is 4.79 Å². The van der Waals surface area contributed by atoms with Crippen molar-refractivity contribution in [3.63, 3.8) is 0 Å². The van der Waals surface area contributed by atoms with Crippen LogP contribution in [0.2, 0.25) is 5.02 Å². The molecule has 0 radical (unpaired) electrons. The van der Waals surface area contributed by atoms with Crippen LogP contribution in [0, 0.1) is 5.92 Å². The molecule has 28 heavy (non-hydrogen) atoms. The molecule has 1 heterocycles. The van der Waals surface area contributed by atoms with E-state index in [0.717, 1.165) is 6.54 Å². The summed E-state index contributed by atoms with van der Waals surface area (Å²) in [6.07, 6.45) is 2.10. The van der Waals surface area contributed by atoms with Crippen LogP contribution < -0.4 is 9.54 Å². The molecule has 0 aliphatic heterocycles. The van der Waals surface area contributed by atoms with Crippen LogP contribution >= 0.6 is 22.9 Å². The zero-order valence-corrected chi connectivity index (χ0v) is 19.0. The molecule has 0 aliphatic carbocycles. The molecule has 1 aromatic heterocycles. The largest absolute Gasteiger partial charge is 0.490 e. The number of nitrogens with zero attached hydrogens (tertiary/aromatic N) is 2. The lowest BCUT2D eigenvalue weighted by atomic mass is 9.95. The SMILES string of the molecule is COCCOc1ccc(Cl)cc1C(=O)N=c1sc(C(C)(C)C)cn1CC(C)C. The van der Waals surface area contributed by atoms with Gasteiger partial charge in [0.2, 0.25) is 0 Å². The minimum atomic E-state index is -0.366. The topological polar surface area (TPSA) is 52.8 Å². The third-order valence-electron chi connectivity index (χ3n) is 3.94. The Hall–Kier alpha value is -1.63. The normalized spacial score (nSPS) is 12.6. The second-order valence-corrected chi connectivity index (χ2v) is 9.52. The fourth-order valence-corrected chi connectivity index (χ4v) is 3.74. The van der Waals surface area contributed by atoms with Crippen molar-refractivity contribution >= 4 is 28.8 Å². The fourth-order valence-electron chi connectivity index (χ4n) is 2.52. The Labute approximate surface area is 176 Å². The van der Waals surface area contributed by atoms with E-state index in [1.54, 1.807) is 36.6 Å². The van der Waals surface area contributed by atoms with Gasteiger partial charge in [0.1, 0.15) is 12.4 Å². The number of amides is 1. The average Bonchev–Trinajstić information content (AvgIpc) is 2.98. The number of thiazole rings is 1. The minimum Gasteiger partial charge on any atom is -0.490 e. The van der Waals surface area contributed by atoms with Crippen molar-refractivity contribution in [2.45, 2.75) is 46.6 Å². The van der Waals surface area contributed by atoms with Gasteiger partial charge in [-0.25, -0.2) is 0 Å². The van der Waals surface area contributed by atoms with E-state index in [1.165, 1.54) is 4.88 Å². The third-order valence-corrected chi connectivity index (χ3v) is 5.62. The summed E-state index contributed by atoms with van der Waals surface area (Å²) in [6, 6.07) is 4.99. The van der Waals surface area contributed by atoms with Crippen molar-refractivity contribution in [1.29, 1.82) is 0 Å². The number of rotatable bonds is 7. The molecule has 0 fully saturated rings. The second kappa shape index (κ2) is 9.72. The van der Waals surface area contributed by atoms with Gasteiger partial charge in [0.05, 0.1) is 12.2 Å². The second-order valence-electron chi connectivity index (χ2n) is 8.07. The summed E-state index contributed by atoms with van der Waals surface area (Å²) in [5.41, 5.74) is 0.343. The van der Waals surface area contributed by atoms with Gasteiger partial charge >= 0.3 is 0 Å². The molecule has 1 aromatic carbocycles. The van der Waals surface area contributed by atoms with Crippen LogP contribution in [0.1, 0.15) is 49.9 Å². The zero-order valence-electron chi connectivity index (χ0n) is 17.4. The van der Waals surface area contributed by atoms with Crippen LogP contribution in [0.15, 0.2) is 29.4 Å². The van der Waals surface area contributed by atoms with E-state index in [2.05, 4.69) is 50.4 Å². The maximum atomic E-state index is 13.0. The molecule has 0 aliphatic rings. The van der Waals surface area contributed by atoms with E-state index in [0.29, 0.717) is 40.3 Å². The molecular formula is C21H29ClN2O3S. The average molecular weight is 425 g/mol. The van der Waals surface area contributed by atoms with Crippen molar-refractivity contribution in [2.75, 3.05) is 20.3 Å². The Kier molecular flexibility index (Phi) is 7.87. The van der Waals surface area contributed by atoms with Crippen LogP contribution in [0.5, 0.6) is 5.75 Å². The van der Waals surface area contributed by atoms with Crippen molar-refractivity contribution in [2.24, 2.45) is 10.9 Å². The standard InChI is InChI=1S/C21H29ClN2O3S/c1-14(2)12-24-13-18(21(3,4)5)28-20(24)23-19(25)16-11-15(22)7-8-17(16)27-10-9-26-6/h7-8,11,13-14H,9-10,12H2,1-6H3. The minimum absolute atomic E-state index is 0.00923. The molecule has 0 saturated carbocycles. The number of hydrogen-bond acceptors (Lipinski definition) is 4. The summed E-state index contributed by atoms with van der Waals surface area (Å²) in [7, 11) is 1.60. The monoisotopic (exact) mass is 424 g/mol. The van der Waals surface area contributed by atoms with Gasteiger partial charge in [0.15, 0.2) is 4.80 Å². The smallest absolute Gasteiger partial charge is 0.283 e. The van der Waals surface area contributed by atoms with Crippen molar-refractivity contribution < 1.29 is 14.3 Å². The quantitative estimate of drug-likeness (QED) is 0.592. The van der Waals surface area contributed by atoms with Crippen molar-refractivity contribution in [3.8, 4) is 5.75 Å². The summed E-state index contributed by atoms with van der Waals surface area (Å²) in [4.78, 5) is 19.3. The highest BCUT2D eigenvalue weighted by atomic mass is 35.5. The van der Waals surface area contributed by atoms with Gasteiger partial charge < -0.3 is 14.0 Å². The van der Waals surface area contributed by atoms with E-state index in [4.69, 9.17) is 21.1 Å². The Morgan fingerprint density at radius 3 is 2.61 bits per heavy atom. The number of carbonyl (C=O) groups is 1. The fraction of sp³-hybridized carbons (Fsp3) is 0.524. The summed E-state index contributed by atoms with van der Waals surface area (Å²) in [5.74, 6) is 0.531. The molecule has 7 heteroatoms. The first-order valence-electron chi connectivity index (χ1n) is 9.33. The van der Waals surface area contributed by atoms with Crippen LogP contribution in [0.3, 0.4) is 0 Å². The van der Waals surface area contributed by atoms with Gasteiger partial charge in [0.25, 0.3) is 5.91 Å². The van der Waals surface area contributed by atoms with Gasteiger partial charge in [-0.15, -0.1) is 11.3 Å². The highest BCUT2D eigenvalue weighted by molar-refractivity contribution is 7.09. The number of ether oxygens (including phenoxy) is 2. The number of halogens is 1. The predicted octanol–water partition coefficient (Wildman–Crippen LogP) is 4.92. The van der Waals surface area contributed by atoms with E-state index in [9.17, 15) is 4.79 Å². The van der Waals surface area contributed by atoms with Crippen molar-refractivity contribution in [3.05, 3.63) is 44.7 Å². The number of hydrogen-bond donors (Lipinski definition) is 0. The lowest BCUT2D eigenvalue weighted by molar-refractivity contribution is 0.0989. The summed E-state index contributed by atoms with van der Waals surface area (Å²) in [6.45, 7) is 12.3. The summed E-state index contributed by atoms with van der Waals surface area (Å²) < 4.78 is 12.7. The molecular weight excluding hydrogens is 396 g/mol.